The van der Waals surface area contributed by atoms with Crippen LogP contribution in [0.2, 0.25) is 0 Å². The van der Waals surface area contributed by atoms with Crippen LogP contribution in [0.5, 0.6) is 0 Å². The molecule has 0 atom stereocenters. The standard InChI is InChI=1S/C12H13N3O3/c1-7-10(8(2)18-15-7)6-14-12(17)9-4-3-5-13-11(9)16/h3-5H,6H2,1-2H3,(H,13,16)(H,14,17). The Morgan fingerprint density at radius 3 is 2.89 bits per heavy atom. The van der Waals surface area contributed by atoms with Gasteiger partial charge in [-0.2, -0.15) is 0 Å². The van der Waals surface area contributed by atoms with Gasteiger partial charge in [0.05, 0.1) is 5.69 Å². The Hall–Kier alpha value is -2.37. The van der Waals surface area contributed by atoms with Crippen molar-refractivity contribution in [2.75, 3.05) is 0 Å². The Labute approximate surface area is 103 Å². The molecule has 2 heterocycles. The number of carbonyl (C=O) groups excluding carboxylic acids is 1. The molecule has 2 N–H and O–H groups in total. The average molecular weight is 247 g/mol. The summed E-state index contributed by atoms with van der Waals surface area (Å²) in [6.07, 6.45) is 1.48. The molecular weight excluding hydrogens is 234 g/mol. The molecule has 0 radical (unpaired) electrons. The lowest BCUT2D eigenvalue weighted by atomic mass is 10.2. The van der Waals surface area contributed by atoms with Crippen LogP contribution in [-0.4, -0.2) is 16.0 Å². The highest BCUT2D eigenvalue weighted by molar-refractivity contribution is 5.93. The molecule has 2 rings (SSSR count). The third-order valence-electron chi connectivity index (χ3n) is 2.67. The van der Waals surface area contributed by atoms with Gasteiger partial charge in [-0.05, 0) is 26.0 Å². The van der Waals surface area contributed by atoms with E-state index in [2.05, 4.69) is 15.5 Å². The first kappa shape index (κ1) is 12.1. The maximum absolute atomic E-state index is 11.8. The summed E-state index contributed by atoms with van der Waals surface area (Å²) in [7, 11) is 0. The number of amides is 1. The molecule has 0 fully saturated rings. The molecule has 0 aromatic carbocycles. The highest BCUT2D eigenvalue weighted by Gasteiger charge is 2.13. The highest BCUT2D eigenvalue weighted by Crippen LogP contribution is 2.11. The van der Waals surface area contributed by atoms with E-state index in [0.717, 1.165) is 11.3 Å². The average Bonchev–Trinajstić information content (AvgIpc) is 2.67. The first-order chi connectivity index (χ1) is 8.59. The molecule has 0 bridgehead atoms. The van der Waals surface area contributed by atoms with E-state index in [1.54, 1.807) is 19.9 Å². The van der Waals surface area contributed by atoms with Gasteiger partial charge in [0.15, 0.2) is 0 Å². The largest absolute Gasteiger partial charge is 0.361 e. The Morgan fingerprint density at radius 2 is 2.28 bits per heavy atom. The van der Waals surface area contributed by atoms with Crippen LogP contribution in [0.15, 0.2) is 27.6 Å². The lowest BCUT2D eigenvalue weighted by molar-refractivity contribution is 0.0949. The van der Waals surface area contributed by atoms with E-state index >= 15 is 0 Å². The highest BCUT2D eigenvalue weighted by atomic mass is 16.5. The van der Waals surface area contributed by atoms with Crippen molar-refractivity contribution >= 4 is 5.91 Å². The summed E-state index contributed by atoms with van der Waals surface area (Å²) in [6, 6.07) is 3.08. The van der Waals surface area contributed by atoms with Gasteiger partial charge < -0.3 is 14.8 Å². The van der Waals surface area contributed by atoms with Gasteiger partial charge in [-0.15, -0.1) is 0 Å². The van der Waals surface area contributed by atoms with Gasteiger partial charge in [-0.25, -0.2) is 0 Å². The monoisotopic (exact) mass is 247 g/mol. The third-order valence-corrected chi connectivity index (χ3v) is 2.67. The fourth-order valence-corrected chi connectivity index (χ4v) is 1.62. The molecule has 2 aromatic heterocycles. The summed E-state index contributed by atoms with van der Waals surface area (Å²) in [5.74, 6) is 0.242. The maximum atomic E-state index is 11.8. The Kier molecular flexibility index (Phi) is 3.27. The van der Waals surface area contributed by atoms with Crippen molar-refractivity contribution < 1.29 is 9.32 Å². The Bertz CT molecular complexity index is 608. The second-order valence-corrected chi connectivity index (χ2v) is 3.90. The first-order valence-corrected chi connectivity index (χ1v) is 5.47. The summed E-state index contributed by atoms with van der Waals surface area (Å²) >= 11 is 0. The zero-order valence-corrected chi connectivity index (χ0v) is 10.1. The summed E-state index contributed by atoms with van der Waals surface area (Å²) in [4.78, 5) is 25.7. The van der Waals surface area contributed by atoms with Gasteiger partial charge in [0.1, 0.15) is 11.3 Å². The van der Waals surface area contributed by atoms with E-state index in [9.17, 15) is 9.59 Å². The van der Waals surface area contributed by atoms with E-state index in [1.807, 2.05) is 0 Å². The lowest BCUT2D eigenvalue weighted by Crippen LogP contribution is -2.29. The lowest BCUT2D eigenvalue weighted by Gasteiger charge is -2.03. The van der Waals surface area contributed by atoms with Gasteiger partial charge in [0.2, 0.25) is 0 Å². The van der Waals surface area contributed by atoms with E-state index in [4.69, 9.17) is 4.52 Å². The van der Waals surface area contributed by atoms with Gasteiger partial charge in [0.25, 0.3) is 11.5 Å². The second kappa shape index (κ2) is 4.87. The number of hydrogen-bond donors (Lipinski definition) is 2. The zero-order valence-electron chi connectivity index (χ0n) is 10.1. The van der Waals surface area contributed by atoms with Crippen LogP contribution < -0.4 is 10.9 Å². The molecule has 0 unspecified atom stereocenters. The van der Waals surface area contributed by atoms with E-state index in [-0.39, 0.29) is 12.1 Å². The van der Waals surface area contributed by atoms with Gasteiger partial charge in [0, 0.05) is 18.3 Å². The Balaban J connectivity index is 2.10. The Morgan fingerprint density at radius 1 is 1.50 bits per heavy atom. The zero-order chi connectivity index (χ0) is 13.1. The van der Waals surface area contributed by atoms with Crippen LogP contribution in [0.25, 0.3) is 0 Å². The molecule has 0 saturated carbocycles. The SMILES string of the molecule is Cc1noc(C)c1CNC(=O)c1ccc[nH]c1=O. The van der Waals surface area contributed by atoms with Crippen LogP contribution in [-0.2, 0) is 6.54 Å². The minimum atomic E-state index is -0.420. The molecule has 6 nitrogen and oxygen atoms in total. The number of hydrogen-bond acceptors (Lipinski definition) is 4. The van der Waals surface area contributed by atoms with Crippen molar-refractivity contribution in [1.29, 1.82) is 0 Å². The van der Waals surface area contributed by atoms with Crippen LogP contribution in [0, 0.1) is 13.8 Å². The maximum Gasteiger partial charge on any atom is 0.260 e. The number of aromatic nitrogens is 2. The predicted octanol–water partition coefficient (Wildman–Crippen LogP) is 0.910. The number of aromatic amines is 1. The number of aryl methyl sites for hydroxylation is 2. The molecule has 1 amide bonds. The molecule has 0 aliphatic carbocycles. The molecule has 0 spiro atoms. The molecule has 0 aliphatic rings. The summed E-state index contributed by atoms with van der Waals surface area (Å²) < 4.78 is 4.99. The first-order valence-electron chi connectivity index (χ1n) is 5.47. The van der Waals surface area contributed by atoms with E-state index in [0.29, 0.717) is 5.76 Å². The molecule has 94 valence electrons. The van der Waals surface area contributed by atoms with E-state index in [1.165, 1.54) is 12.3 Å². The van der Waals surface area contributed by atoms with Crippen molar-refractivity contribution in [3.63, 3.8) is 0 Å². The number of nitrogens with one attached hydrogen (secondary N) is 2. The molecule has 0 saturated heterocycles. The smallest absolute Gasteiger partial charge is 0.260 e. The number of carbonyl (C=O) groups is 1. The molecule has 18 heavy (non-hydrogen) atoms. The van der Waals surface area contributed by atoms with Crippen LogP contribution in [0.4, 0.5) is 0 Å². The number of nitrogens with zero attached hydrogens (tertiary/aromatic N) is 1. The number of rotatable bonds is 3. The summed E-state index contributed by atoms with van der Waals surface area (Å²) in [5, 5.41) is 6.46. The van der Waals surface area contributed by atoms with Crippen molar-refractivity contribution in [3.8, 4) is 0 Å². The van der Waals surface area contributed by atoms with Crippen molar-refractivity contribution in [1.82, 2.24) is 15.5 Å². The fraction of sp³-hybridized carbons (Fsp3) is 0.250. The predicted molar refractivity (Wildman–Crippen MR) is 64.2 cm³/mol. The number of pyridine rings is 1. The van der Waals surface area contributed by atoms with E-state index < -0.39 is 11.5 Å². The summed E-state index contributed by atoms with van der Waals surface area (Å²) in [5.41, 5.74) is 1.24. The minimum Gasteiger partial charge on any atom is -0.361 e. The molecule has 0 aliphatic heterocycles. The quantitative estimate of drug-likeness (QED) is 0.843. The fourth-order valence-electron chi connectivity index (χ4n) is 1.62. The van der Waals surface area contributed by atoms with Crippen LogP contribution in [0.3, 0.4) is 0 Å². The normalized spacial score (nSPS) is 10.3. The molecule has 2 aromatic rings. The van der Waals surface area contributed by atoms with Gasteiger partial charge in [-0.3, -0.25) is 9.59 Å². The second-order valence-electron chi connectivity index (χ2n) is 3.90. The van der Waals surface area contributed by atoms with Gasteiger partial charge >= 0.3 is 0 Å². The van der Waals surface area contributed by atoms with Crippen molar-refractivity contribution in [2.24, 2.45) is 0 Å². The van der Waals surface area contributed by atoms with Crippen molar-refractivity contribution in [2.45, 2.75) is 20.4 Å². The van der Waals surface area contributed by atoms with Crippen LogP contribution in [0.1, 0.15) is 27.4 Å². The van der Waals surface area contributed by atoms with Crippen molar-refractivity contribution in [3.05, 3.63) is 51.3 Å². The summed E-state index contributed by atoms with van der Waals surface area (Å²) in [6.45, 7) is 3.86. The van der Waals surface area contributed by atoms with Crippen LogP contribution >= 0.6 is 0 Å². The molecular formula is C12H13N3O3. The number of H-pyrrole nitrogens is 1. The molecule has 6 heteroatoms. The minimum absolute atomic E-state index is 0.0873. The third kappa shape index (κ3) is 2.32. The van der Waals surface area contributed by atoms with Gasteiger partial charge in [-0.1, -0.05) is 5.16 Å². The topological polar surface area (TPSA) is 88.0 Å².